The maximum Gasteiger partial charge on any atom is 0.410 e. The van der Waals surface area contributed by atoms with E-state index in [1.807, 2.05) is 25.7 Å². The second-order valence-corrected chi connectivity index (χ2v) is 11.1. The van der Waals surface area contributed by atoms with Crippen molar-refractivity contribution >= 4 is 27.7 Å². The summed E-state index contributed by atoms with van der Waals surface area (Å²) in [6.45, 7) is 7.27. The number of likely N-dealkylation sites (tertiary alicyclic amines) is 2. The molecule has 178 valence electrons. The zero-order chi connectivity index (χ0) is 23.5. The summed E-state index contributed by atoms with van der Waals surface area (Å²) in [5.41, 5.74) is -0.0398. The van der Waals surface area contributed by atoms with Crippen molar-refractivity contribution in [2.45, 2.75) is 75.5 Å². The third kappa shape index (κ3) is 6.43. The van der Waals surface area contributed by atoms with Crippen LogP contribution in [-0.4, -0.2) is 67.5 Å². The fourth-order valence-electron chi connectivity index (χ4n) is 4.50. The summed E-state index contributed by atoms with van der Waals surface area (Å²) in [5, 5.41) is 7.94. The first-order chi connectivity index (χ1) is 14.9. The fraction of sp³-hybridized carbons (Fsp3) is 0.636. The molecule has 2 aliphatic heterocycles. The quantitative estimate of drug-likeness (QED) is 0.688. The Morgan fingerprint density at radius 2 is 1.72 bits per heavy atom. The fourth-order valence-corrected chi connectivity index (χ4v) is 5.02. The van der Waals surface area contributed by atoms with Crippen LogP contribution in [0, 0.1) is 0 Å². The number of piperidine rings is 1. The summed E-state index contributed by atoms with van der Waals surface area (Å²) in [4.78, 5) is 29.4. The molecule has 3 N–H and O–H groups in total. The van der Waals surface area contributed by atoms with Gasteiger partial charge >= 0.3 is 6.09 Å². The maximum absolute atomic E-state index is 12.7. The van der Waals surface area contributed by atoms with Gasteiger partial charge in [-0.2, -0.15) is 0 Å². The highest BCUT2D eigenvalue weighted by atomic mass is 32.2. The Labute approximate surface area is 190 Å². The molecule has 2 amide bonds. The molecule has 0 aromatic heterocycles. The molecule has 10 heteroatoms. The van der Waals surface area contributed by atoms with Crippen molar-refractivity contribution in [2.75, 3.05) is 25.0 Å². The van der Waals surface area contributed by atoms with E-state index in [-0.39, 0.29) is 35.5 Å². The van der Waals surface area contributed by atoms with Crippen LogP contribution in [0.15, 0.2) is 29.2 Å². The number of ether oxygens (including phenoxy) is 1. The third-order valence-corrected chi connectivity index (χ3v) is 6.78. The van der Waals surface area contributed by atoms with Gasteiger partial charge in [-0.25, -0.2) is 18.4 Å². The minimum Gasteiger partial charge on any atom is -0.444 e. The molecule has 2 fully saturated rings. The lowest BCUT2D eigenvalue weighted by molar-refractivity contribution is -0.118. The average molecular weight is 467 g/mol. The van der Waals surface area contributed by atoms with Crippen molar-refractivity contribution in [3.05, 3.63) is 24.3 Å². The summed E-state index contributed by atoms with van der Waals surface area (Å²) in [6.07, 6.45) is 4.54. The van der Waals surface area contributed by atoms with Gasteiger partial charge in [0.15, 0.2) is 0 Å². The Bertz CT molecular complexity index is 927. The monoisotopic (exact) mass is 466 g/mol. The van der Waals surface area contributed by atoms with E-state index in [1.54, 1.807) is 0 Å². The standard InChI is InChI=1S/C22H34N4O5S/c1-22(2,3)31-21(28)26-14-6-8-19(26)18-7-4-5-13-25(18)15-20(27)24-16-9-11-17(12-10-16)32(23,29)30/h9-12,18-19H,4-8,13-15H2,1-3H3,(H,24,27)(H2,23,29,30)/t18-,19+/m1/s1. The second-order valence-electron chi connectivity index (χ2n) is 9.53. The Hall–Kier alpha value is -2.17. The van der Waals surface area contributed by atoms with E-state index >= 15 is 0 Å². The zero-order valence-corrected chi connectivity index (χ0v) is 19.9. The number of anilines is 1. The van der Waals surface area contributed by atoms with Gasteiger partial charge in [0.25, 0.3) is 0 Å². The number of carbonyl (C=O) groups is 2. The number of sulfonamides is 1. The molecule has 2 saturated heterocycles. The predicted octanol–water partition coefficient (Wildman–Crippen LogP) is 2.53. The number of benzene rings is 1. The van der Waals surface area contributed by atoms with Crippen LogP contribution in [0.2, 0.25) is 0 Å². The van der Waals surface area contributed by atoms with Crippen LogP contribution in [0.4, 0.5) is 10.5 Å². The molecular weight excluding hydrogens is 432 g/mol. The molecule has 32 heavy (non-hydrogen) atoms. The molecule has 2 aliphatic rings. The summed E-state index contributed by atoms with van der Waals surface area (Å²) in [6, 6.07) is 5.91. The van der Waals surface area contributed by atoms with Gasteiger partial charge in [-0.15, -0.1) is 0 Å². The normalized spacial score (nSPS) is 22.6. The van der Waals surface area contributed by atoms with Crippen molar-refractivity contribution in [1.82, 2.24) is 9.80 Å². The summed E-state index contributed by atoms with van der Waals surface area (Å²) in [5.74, 6) is -0.179. The maximum atomic E-state index is 12.7. The van der Waals surface area contributed by atoms with Crippen LogP contribution in [0.25, 0.3) is 0 Å². The lowest BCUT2D eigenvalue weighted by atomic mass is 9.94. The Balaban J connectivity index is 1.64. The van der Waals surface area contributed by atoms with E-state index in [9.17, 15) is 18.0 Å². The highest BCUT2D eigenvalue weighted by molar-refractivity contribution is 7.89. The Morgan fingerprint density at radius 3 is 2.34 bits per heavy atom. The number of carbonyl (C=O) groups excluding carboxylic acids is 2. The van der Waals surface area contributed by atoms with E-state index in [1.165, 1.54) is 24.3 Å². The highest BCUT2D eigenvalue weighted by Crippen LogP contribution is 2.30. The largest absolute Gasteiger partial charge is 0.444 e. The van der Waals surface area contributed by atoms with Gasteiger partial charge in [0, 0.05) is 18.3 Å². The summed E-state index contributed by atoms with van der Waals surface area (Å²) < 4.78 is 28.4. The van der Waals surface area contributed by atoms with Crippen LogP contribution in [0.3, 0.4) is 0 Å². The SMILES string of the molecule is CC(C)(C)OC(=O)N1CCC[C@H]1[C@H]1CCCCN1CC(=O)Nc1ccc(S(N)(=O)=O)cc1. The van der Waals surface area contributed by atoms with Crippen LogP contribution in [0.5, 0.6) is 0 Å². The van der Waals surface area contributed by atoms with Crippen LogP contribution < -0.4 is 10.5 Å². The number of rotatable bonds is 5. The van der Waals surface area contributed by atoms with E-state index in [0.29, 0.717) is 12.2 Å². The van der Waals surface area contributed by atoms with Gasteiger partial charge in [0.05, 0.1) is 17.5 Å². The minimum absolute atomic E-state index is 0.00457. The van der Waals surface area contributed by atoms with Gasteiger partial charge in [-0.1, -0.05) is 6.42 Å². The number of amides is 2. The molecule has 0 unspecified atom stereocenters. The Morgan fingerprint density at radius 1 is 1.06 bits per heavy atom. The molecule has 3 rings (SSSR count). The van der Waals surface area contributed by atoms with Crippen molar-refractivity contribution in [2.24, 2.45) is 5.14 Å². The van der Waals surface area contributed by atoms with Gasteiger partial charge in [0.2, 0.25) is 15.9 Å². The molecule has 0 bridgehead atoms. The number of nitrogens with zero attached hydrogens (tertiary/aromatic N) is 2. The van der Waals surface area contributed by atoms with E-state index in [4.69, 9.17) is 9.88 Å². The number of nitrogens with two attached hydrogens (primary N) is 1. The smallest absolute Gasteiger partial charge is 0.410 e. The van der Waals surface area contributed by atoms with E-state index in [2.05, 4.69) is 10.2 Å². The third-order valence-electron chi connectivity index (χ3n) is 5.85. The molecule has 0 radical (unpaired) electrons. The topological polar surface area (TPSA) is 122 Å². The van der Waals surface area contributed by atoms with Gasteiger partial charge in [-0.3, -0.25) is 9.69 Å². The van der Waals surface area contributed by atoms with Crippen LogP contribution >= 0.6 is 0 Å². The van der Waals surface area contributed by atoms with Gasteiger partial charge in [0.1, 0.15) is 5.60 Å². The van der Waals surface area contributed by atoms with Crippen molar-refractivity contribution in [3.63, 3.8) is 0 Å². The van der Waals surface area contributed by atoms with Crippen LogP contribution in [-0.2, 0) is 19.6 Å². The minimum atomic E-state index is -3.77. The summed E-state index contributed by atoms with van der Waals surface area (Å²) in [7, 11) is -3.77. The number of primary sulfonamides is 1. The molecule has 1 aromatic carbocycles. The Kier molecular flexibility index (Phi) is 7.46. The number of hydrogen-bond acceptors (Lipinski definition) is 6. The average Bonchev–Trinajstić information content (AvgIpc) is 3.16. The number of hydrogen-bond donors (Lipinski definition) is 2. The second kappa shape index (κ2) is 9.76. The lowest BCUT2D eigenvalue weighted by Crippen LogP contribution is -2.55. The first-order valence-electron chi connectivity index (χ1n) is 11.1. The highest BCUT2D eigenvalue weighted by Gasteiger charge is 2.40. The van der Waals surface area contributed by atoms with Gasteiger partial charge in [-0.05, 0) is 77.3 Å². The van der Waals surface area contributed by atoms with Crippen molar-refractivity contribution < 1.29 is 22.7 Å². The molecular formula is C22H34N4O5S. The zero-order valence-electron chi connectivity index (χ0n) is 19.0. The first-order valence-corrected chi connectivity index (χ1v) is 12.6. The van der Waals surface area contributed by atoms with E-state index < -0.39 is 15.6 Å². The molecule has 0 spiro atoms. The molecule has 0 saturated carbocycles. The van der Waals surface area contributed by atoms with E-state index in [0.717, 1.165) is 38.6 Å². The molecule has 0 aliphatic carbocycles. The summed E-state index contributed by atoms with van der Waals surface area (Å²) >= 11 is 0. The molecule has 2 atom stereocenters. The molecule has 9 nitrogen and oxygen atoms in total. The van der Waals surface area contributed by atoms with Crippen LogP contribution in [0.1, 0.15) is 52.9 Å². The molecule has 1 aromatic rings. The molecule has 2 heterocycles. The predicted molar refractivity (Wildman–Crippen MR) is 122 cm³/mol. The van der Waals surface area contributed by atoms with Crippen molar-refractivity contribution in [3.8, 4) is 0 Å². The van der Waals surface area contributed by atoms with Gasteiger partial charge < -0.3 is 15.0 Å². The lowest BCUT2D eigenvalue weighted by Gasteiger charge is -2.42. The van der Waals surface area contributed by atoms with Crippen molar-refractivity contribution in [1.29, 1.82) is 0 Å². The first kappa shape index (κ1) is 24.5. The number of nitrogens with one attached hydrogen (secondary N) is 1.